The van der Waals surface area contributed by atoms with E-state index in [2.05, 4.69) is 15.9 Å². The first-order chi connectivity index (χ1) is 9.19. The van der Waals surface area contributed by atoms with Gasteiger partial charge in [0, 0.05) is 7.11 Å². The average Bonchev–Trinajstić information content (AvgIpc) is 2.85. The van der Waals surface area contributed by atoms with Gasteiger partial charge in [0.25, 0.3) is 0 Å². The minimum Gasteiger partial charge on any atom is -0.466 e. The normalized spacial score (nSPS) is 10.7. The molecule has 1 aromatic heterocycles. The van der Waals surface area contributed by atoms with E-state index >= 15 is 0 Å². The van der Waals surface area contributed by atoms with Crippen molar-refractivity contribution in [2.75, 3.05) is 20.5 Å². The molecule has 0 unspecified atom stereocenters. The first-order valence-electron chi connectivity index (χ1n) is 5.67. The Hall–Kier alpha value is -1.53. The number of esters is 1. The lowest BCUT2D eigenvalue weighted by atomic mass is 10.1. The third kappa shape index (κ3) is 2.74. The van der Waals surface area contributed by atoms with Crippen LogP contribution >= 0.6 is 15.9 Å². The van der Waals surface area contributed by atoms with Crippen molar-refractivity contribution >= 4 is 32.9 Å². The lowest BCUT2D eigenvalue weighted by Crippen LogP contribution is -2.07. The molecule has 1 heterocycles. The number of benzene rings is 1. The van der Waals surface area contributed by atoms with Crippen molar-refractivity contribution in [3.8, 4) is 5.75 Å². The predicted molar refractivity (Wildman–Crippen MR) is 72.4 cm³/mol. The van der Waals surface area contributed by atoms with E-state index in [-0.39, 0.29) is 6.79 Å². The highest BCUT2D eigenvalue weighted by atomic mass is 79.9. The van der Waals surface area contributed by atoms with Crippen molar-refractivity contribution in [2.45, 2.75) is 6.92 Å². The molecule has 102 valence electrons. The number of methoxy groups -OCH3 is 1. The highest BCUT2D eigenvalue weighted by Crippen LogP contribution is 2.37. The second-order valence-electron chi connectivity index (χ2n) is 3.67. The van der Waals surface area contributed by atoms with E-state index in [4.69, 9.17) is 18.6 Å². The lowest BCUT2D eigenvalue weighted by molar-refractivity contribution is 0.0491. The molecule has 0 aliphatic rings. The number of hydrogen-bond donors (Lipinski definition) is 0. The van der Waals surface area contributed by atoms with Gasteiger partial charge in [-0.1, -0.05) is 0 Å². The monoisotopic (exact) mass is 328 g/mol. The number of halogens is 1. The summed E-state index contributed by atoms with van der Waals surface area (Å²) in [4.78, 5) is 11.9. The van der Waals surface area contributed by atoms with Gasteiger partial charge in [-0.05, 0) is 35.0 Å². The van der Waals surface area contributed by atoms with Crippen LogP contribution in [0.25, 0.3) is 11.0 Å². The third-order valence-electron chi connectivity index (χ3n) is 2.47. The van der Waals surface area contributed by atoms with Gasteiger partial charge in [-0.2, -0.15) is 0 Å². The Labute approximate surface area is 118 Å². The van der Waals surface area contributed by atoms with Crippen LogP contribution in [0.3, 0.4) is 0 Å². The number of furan rings is 1. The van der Waals surface area contributed by atoms with Crippen LogP contribution in [-0.2, 0) is 9.47 Å². The van der Waals surface area contributed by atoms with Gasteiger partial charge in [0.1, 0.15) is 11.3 Å². The Morgan fingerprint density at radius 1 is 1.47 bits per heavy atom. The van der Waals surface area contributed by atoms with Crippen LogP contribution in [0, 0.1) is 0 Å². The molecule has 0 aliphatic carbocycles. The summed E-state index contributed by atoms with van der Waals surface area (Å²) >= 11 is 3.36. The van der Waals surface area contributed by atoms with Gasteiger partial charge in [-0.25, -0.2) is 4.79 Å². The zero-order valence-corrected chi connectivity index (χ0v) is 12.2. The van der Waals surface area contributed by atoms with Crippen LogP contribution in [0.15, 0.2) is 27.3 Å². The molecule has 0 amide bonds. The largest absolute Gasteiger partial charge is 0.466 e. The summed E-state index contributed by atoms with van der Waals surface area (Å²) in [6.45, 7) is 2.13. The summed E-state index contributed by atoms with van der Waals surface area (Å²) in [5.41, 5.74) is 0.910. The molecule has 1 aromatic carbocycles. The molecule has 2 rings (SSSR count). The number of carbonyl (C=O) groups excluding carboxylic acids is 1. The fourth-order valence-corrected chi connectivity index (χ4v) is 2.28. The minimum absolute atomic E-state index is 0.0746. The first-order valence-corrected chi connectivity index (χ1v) is 6.46. The zero-order chi connectivity index (χ0) is 13.8. The second kappa shape index (κ2) is 6.08. The van der Waals surface area contributed by atoms with Gasteiger partial charge in [0.15, 0.2) is 6.79 Å². The smallest absolute Gasteiger partial charge is 0.339 e. The molecular weight excluding hydrogens is 316 g/mol. The Kier molecular flexibility index (Phi) is 4.44. The van der Waals surface area contributed by atoms with Gasteiger partial charge in [-0.15, -0.1) is 0 Å². The van der Waals surface area contributed by atoms with Gasteiger partial charge in [-0.3, -0.25) is 0 Å². The van der Waals surface area contributed by atoms with E-state index in [0.717, 1.165) is 5.39 Å². The predicted octanol–water partition coefficient (Wildman–Crippen LogP) is 3.35. The Morgan fingerprint density at radius 3 is 2.95 bits per heavy atom. The number of hydrogen-bond acceptors (Lipinski definition) is 5. The Bertz CT molecular complexity index is 590. The Morgan fingerprint density at radius 2 is 2.26 bits per heavy atom. The molecule has 0 radical (unpaired) electrons. The fourth-order valence-electron chi connectivity index (χ4n) is 1.67. The van der Waals surface area contributed by atoms with Crippen molar-refractivity contribution in [1.82, 2.24) is 0 Å². The second-order valence-corrected chi connectivity index (χ2v) is 4.46. The summed E-state index contributed by atoms with van der Waals surface area (Å²) in [7, 11) is 1.52. The molecule has 0 atom stereocenters. The fraction of sp³-hybridized carbons (Fsp3) is 0.308. The molecule has 0 fully saturated rings. The molecule has 2 aromatic rings. The van der Waals surface area contributed by atoms with Crippen LogP contribution in [0.5, 0.6) is 5.75 Å². The maximum Gasteiger partial charge on any atom is 0.339 e. The molecule has 5 nitrogen and oxygen atoms in total. The number of ether oxygens (including phenoxy) is 3. The zero-order valence-electron chi connectivity index (χ0n) is 10.6. The highest BCUT2D eigenvalue weighted by Gasteiger charge is 2.20. The van der Waals surface area contributed by atoms with E-state index in [1.54, 1.807) is 19.1 Å². The van der Waals surface area contributed by atoms with E-state index in [9.17, 15) is 4.79 Å². The van der Waals surface area contributed by atoms with Gasteiger partial charge < -0.3 is 18.6 Å². The van der Waals surface area contributed by atoms with Gasteiger partial charge in [0.2, 0.25) is 0 Å². The third-order valence-corrected chi connectivity index (χ3v) is 3.25. The first kappa shape index (κ1) is 13.9. The van der Waals surface area contributed by atoms with Gasteiger partial charge >= 0.3 is 5.97 Å². The van der Waals surface area contributed by atoms with Gasteiger partial charge in [0.05, 0.1) is 28.3 Å². The lowest BCUT2D eigenvalue weighted by Gasteiger charge is -2.11. The summed E-state index contributed by atoms with van der Waals surface area (Å²) < 4.78 is 21.2. The topological polar surface area (TPSA) is 57.9 Å². The Balaban J connectivity index is 2.53. The molecular formula is C13H13BrO5. The molecule has 6 heteroatoms. The summed E-state index contributed by atoms with van der Waals surface area (Å²) in [5.74, 6) is 0.0612. The molecule has 0 saturated carbocycles. The van der Waals surface area contributed by atoms with Crippen LogP contribution in [0.4, 0.5) is 0 Å². The van der Waals surface area contributed by atoms with E-state index in [1.165, 1.54) is 13.4 Å². The summed E-state index contributed by atoms with van der Waals surface area (Å²) in [6.07, 6.45) is 1.53. The van der Waals surface area contributed by atoms with Crippen LogP contribution in [0.2, 0.25) is 0 Å². The molecule has 0 bridgehead atoms. The summed E-state index contributed by atoms with van der Waals surface area (Å²) in [6, 6.07) is 3.39. The van der Waals surface area contributed by atoms with Crippen LogP contribution in [0.1, 0.15) is 17.3 Å². The van der Waals surface area contributed by atoms with Crippen molar-refractivity contribution in [3.63, 3.8) is 0 Å². The van der Waals surface area contributed by atoms with Crippen molar-refractivity contribution in [2.24, 2.45) is 0 Å². The SMILES string of the molecule is CCOC(=O)c1cc2occc2c(OCOC)c1Br. The molecule has 0 N–H and O–H groups in total. The number of fused-ring (bicyclic) bond motifs is 1. The van der Waals surface area contributed by atoms with Crippen molar-refractivity contribution in [3.05, 3.63) is 28.4 Å². The van der Waals surface area contributed by atoms with E-state index in [1.807, 2.05) is 0 Å². The van der Waals surface area contributed by atoms with E-state index in [0.29, 0.717) is 28.0 Å². The molecule has 0 spiro atoms. The number of carbonyl (C=O) groups is 1. The maximum absolute atomic E-state index is 11.9. The molecule has 0 saturated heterocycles. The molecule has 0 aliphatic heterocycles. The van der Waals surface area contributed by atoms with E-state index < -0.39 is 5.97 Å². The quantitative estimate of drug-likeness (QED) is 0.622. The maximum atomic E-state index is 11.9. The van der Waals surface area contributed by atoms with Crippen LogP contribution < -0.4 is 4.74 Å². The standard InChI is InChI=1S/C13H13BrO5/c1-3-17-13(15)9-6-10-8(4-5-18-10)12(11(9)14)19-7-16-2/h4-6H,3,7H2,1-2H3. The summed E-state index contributed by atoms with van der Waals surface area (Å²) in [5, 5.41) is 0.761. The highest BCUT2D eigenvalue weighted by molar-refractivity contribution is 9.10. The van der Waals surface area contributed by atoms with Crippen LogP contribution in [-0.4, -0.2) is 26.5 Å². The average molecular weight is 329 g/mol. The van der Waals surface area contributed by atoms with Crippen molar-refractivity contribution in [1.29, 1.82) is 0 Å². The minimum atomic E-state index is -0.435. The number of rotatable bonds is 5. The van der Waals surface area contributed by atoms with Crippen molar-refractivity contribution < 1.29 is 23.4 Å². The molecule has 19 heavy (non-hydrogen) atoms.